The highest BCUT2D eigenvalue weighted by molar-refractivity contribution is 7.27. The van der Waals surface area contributed by atoms with Gasteiger partial charge in [-0.2, -0.15) is 0 Å². The van der Waals surface area contributed by atoms with Gasteiger partial charge in [-0.05, 0) is 45.1 Å². The van der Waals surface area contributed by atoms with Gasteiger partial charge in [-0.15, -0.1) is 11.3 Å². The van der Waals surface area contributed by atoms with Crippen LogP contribution in [0.4, 0.5) is 0 Å². The van der Waals surface area contributed by atoms with Crippen molar-refractivity contribution in [2.45, 2.75) is 0 Å². The molecule has 0 atom stereocenters. The van der Waals surface area contributed by atoms with Gasteiger partial charge in [0.25, 0.3) is 0 Å². The zero-order chi connectivity index (χ0) is 28.2. The molecule has 10 rings (SSSR count). The Bertz CT molecular complexity index is 2810. The number of aromatic nitrogens is 3. The molecule has 0 saturated heterocycles. The van der Waals surface area contributed by atoms with Crippen LogP contribution in [0.25, 0.3) is 91.1 Å². The van der Waals surface area contributed by atoms with Gasteiger partial charge in [0.2, 0.25) is 0 Å². The third-order valence-corrected chi connectivity index (χ3v) is 10.3. The fourth-order valence-electron chi connectivity index (χ4n) is 7.06. The summed E-state index contributed by atoms with van der Waals surface area (Å²) in [6.45, 7) is 0. The second kappa shape index (κ2) is 8.51. The summed E-state index contributed by atoms with van der Waals surface area (Å²) in [5.74, 6) is 0.649. The Morgan fingerprint density at radius 3 is 1.98 bits per heavy atom. The summed E-state index contributed by atoms with van der Waals surface area (Å²) in [6.07, 6.45) is 0. The number of nitrogens with zero attached hydrogens (tertiary/aromatic N) is 3. The van der Waals surface area contributed by atoms with Gasteiger partial charge in [0.15, 0.2) is 11.0 Å². The smallest absolute Gasteiger partial charge is 0.176 e. The van der Waals surface area contributed by atoms with E-state index in [-0.39, 0.29) is 0 Å². The lowest BCUT2D eigenvalue weighted by Gasteiger charge is -2.12. The third-order valence-electron chi connectivity index (χ3n) is 8.85. The van der Waals surface area contributed by atoms with Crippen LogP contribution in [0.2, 0.25) is 5.15 Å². The first-order valence-electron chi connectivity index (χ1n) is 14.3. The van der Waals surface area contributed by atoms with Crippen molar-refractivity contribution in [3.05, 3.63) is 126 Å². The predicted molar refractivity (Wildman–Crippen MR) is 184 cm³/mol. The lowest BCUT2D eigenvalue weighted by Crippen LogP contribution is -2.01. The van der Waals surface area contributed by atoms with Crippen molar-refractivity contribution in [3.8, 4) is 5.82 Å². The van der Waals surface area contributed by atoms with Crippen LogP contribution < -0.4 is 0 Å². The van der Waals surface area contributed by atoms with Crippen molar-refractivity contribution in [2.24, 2.45) is 0 Å². The highest BCUT2D eigenvalue weighted by Gasteiger charge is 2.24. The Hall–Kier alpha value is -5.03. The minimum atomic E-state index is 0.387. The van der Waals surface area contributed by atoms with Crippen molar-refractivity contribution >= 4 is 108 Å². The molecule has 0 fully saturated rings. The van der Waals surface area contributed by atoms with Crippen LogP contribution >= 0.6 is 22.9 Å². The molecule has 0 radical (unpaired) electrons. The van der Waals surface area contributed by atoms with Crippen LogP contribution in [0.3, 0.4) is 0 Å². The first kappa shape index (κ1) is 23.5. The Kier molecular flexibility index (Phi) is 4.66. The maximum absolute atomic E-state index is 7.08. The molecule has 200 valence electrons. The maximum atomic E-state index is 7.08. The number of hydrogen-bond acceptors (Lipinski definition) is 3. The van der Waals surface area contributed by atoms with Crippen LogP contribution in [0, 0.1) is 0 Å². The highest BCUT2D eigenvalue weighted by atomic mass is 35.5. The average Bonchev–Trinajstić information content (AvgIpc) is 3.62. The summed E-state index contributed by atoms with van der Waals surface area (Å²) in [4.78, 5) is 10.2. The molecular formula is C38H20ClN3S. The molecule has 5 heteroatoms. The van der Waals surface area contributed by atoms with Gasteiger partial charge in [0.1, 0.15) is 0 Å². The number of fused-ring (bicyclic) bond motifs is 15. The Labute approximate surface area is 254 Å². The molecular weight excluding hydrogens is 566 g/mol. The zero-order valence-electron chi connectivity index (χ0n) is 22.7. The molecule has 0 unspecified atom stereocenters. The molecule has 10 aromatic rings. The second-order valence-corrected chi connectivity index (χ2v) is 12.5. The largest absolute Gasteiger partial charge is 0.290 e. The lowest BCUT2D eigenvalue weighted by atomic mass is 9.97. The Balaban J connectivity index is 1.49. The predicted octanol–water partition coefficient (Wildman–Crippen LogP) is 11.2. The molecule has 43 heavy (non-hydrogen) atoms. The summed E-state index contributed by atoms with van der Waals surface area (Å²) in [5, 5.41) is 12.6. The highest BCUT2D eigenvalue weighted by Crippen LogP contribution is 2.49. The average molecular weight is 586 g/mol. The normalized spacial score (nSPS) is 12.3. The number of para-hydroxylation sites is 1. The van der Waals surface area contributed by atoms with Gasteiger partial charge in [-0.1, -0.05) is 115 Å². The Morgan fingerprint density at radius 2 is 1.16 bits per heavy atom. The van der Waals surface area contributed by atoms with Gasteiger partial charge >= 0.3 is 0 Å². The molecule has 0 amide bonds. The van der Waals surface area contributed by atoms with Crippen molar-refractivity contribution in [1.29, 1.82) is 0 Å². The van der Waals surface area contributed by atoms with Gasteiger partial charge in [0, 0.05) is 31.6 Å². The van der Waals surface area contributed by atoms with Crippen molar-refractivity contribution in [3.63, 3.8) is 0 Å². The van der Waals surface area contributed by atoms with E-state index in [0.29, 0.717) is 11.0 Å². The lowest BCUT2D eigenvalue weighted by molar-refractivity contribution is 1.08. The molecule has 0 N–H and O–H groups in total. The maximum Gasteiger partial charge on any atom is 0.176 e. The molecule has 0 aliphatic rings. The topological polar surface area (TPSA) is 30.7 Å². The molecule has 3 aromatic heterocycles. The fourth-order valence-corrected chi connectivity index (χ4v) is 8.55. The molecule has 0 aliphatic heterocycles. The SMILES string of the molecule is Clc1nc2ccc3ccccc3c2nc1-n1c2ccccc2c2c3ccccc3c3c(sc4ccc5ccccc5c43)c21. The number of hydrogen-bond donors (Lipinski definition) is 0. The van der Waals surface area contributed by atoms with E-state index in [1.807, 2.05) is 17.4 Å². The van der Waals surface area contributed by atoms with E-state index in [9.17, 15) is 0 Å². The summed E-state index contributed by atoms with van der Waals surface area (Å²) < 4.78 is 4.75. The van der Waals surface area contributed by atoms with E-state index in [1.54, 1.807) is 0 Å². The molecule has 0 bridgehead atoms. The van der Waals surface area contributed by atoms with Gasteiger partial charge in [-0.3, -0.25) is 4.57 Å². The van der Waals surface area contributed by atoms with E-state index in [0.717, 1.165) is 32.8 Å². The number of rotatable bonds is 1. The fraction of sp³-hybridized carbons (Fsp3) is 0. The monoisotopic (exact) mass is 585 g/mol. The summed E-state index contributed by atoms with van der Waals surface area (Å²) in [5.41, 5.74) is 3.82. The van der Waals surface area contributed by atoms with E-state index >= 15 is 0 Å². The third kappa shape index (κ3) is 3.09. The van der Waals surface area contributed by atoms with Gasteiger partial charge in [-0.25, -0.2) is 9.97 Å². The second-order valence-electron chi connectivity index (χ2n) is 11.1. The van der Waals surface area contributed by atoms with Gasteiger partial charge < -0.3 is 0 Å². The molecule has 3 nitrogen and oxygen atoms in total. The van der Waals surface area contributed by atoms with Gasteiger partial charge in [0.05, 0.1) is 26.8 Å². The molecule has 7 aromatic carbocycles. The standard InChI is InChI=1S/C38H20ClN3S/c39-37-38(41-34-24-12-4-2-10-22(24)17-19-28(34)40-37)42-29-16-8-7-15-27(29)31-25-13-5-6-14-26(25)33-32-23-11-3-1-9-21(23)18-20-30(32)43-36(33)35(31)42/h1-20H. The molecule has 0 saturated carbocycles. The van der Waals surface area contributed by atoms with E-state index < -0.39 is 0 Å². The minimum absolute atomic E-state index is 0.387. The summed E-state index contributed by atoms with van der Waals surface area (Å²) in [7, 11) is 0. The van der Waals surface area contributed by atoms with Crippen molar-refractivity contribution < 1.29 is 0 Å². The number of benzene rings is 7. The minimum Gasteiger partial charge on any atom is -0.290 e. The van der Waals surface area contributed by atoms with Crippen molar-refractivity contribution in [2.75, 3.05) is 0 Å². The zero-order valence-corrected chi connectivity index (χ0v) is 24.2. The van der Waals surface area contributed by atoms with E-state index in [2.05, 4.69) is 120 Å². The first-order chi connectivity index (χ1) is 21.3. The first-order valence-corrected chi connectivity index (χ1v) is 15.5. The van der Waals surface area contributed by atoms with Crippen LogP contribution in [0.5, 0.6) is 0 Å². The summed E-state index contributed by atoms with van der Waals surface area (Å²) >= 11 is 8.93. The molecule has 0 aliphatic carbocycles. The van der Waals surface area contributed by atoms with E-state index in [1.165, 1.54) is 52.5 Å². The van der Waals surface area contributed by atoms with Crippen LogP contribution in [0.1, 0.15) is 0 Å². The molecule has 0 spiro atoms. The van der Waals surface area contributed by atoms with Crippen molar-refractivity contribution in [1.82, 2.24) is 14.5 Å². The quantitative estimate of drug-likeness (QED) is 0.179. The van der Waals surface area contributed by atoms with Crippen LogP contribution in [0.15, 0.2) is 121 Å². The van der Waals surface area contributed by atoms with E-state index in [4.69, 9.17) is 21.6 Å². The van der Waals surface area contributed by atoms with Crippen LogP contribution in [-0.4, -0.2) is 14.5 Å². The summed E-state index contributed by atoms with van der Waals surface area (Å²) in [6, 6.07) is 43.0. The number of halogens is 1. The molecule has 3 heterocycles. The number of thiophene rings is 1. The van der Waals surface area contributed by atoms with Crippen LogP contribution in [-0.2, 0) is 0 Å². The Morgan fingerprint density at radius 1 is 0.535 bits per heavy atom.